The summed E-state index contributed by atoms with van der Waals surface area (Å²) in [5, 5.41) is 0. The SMILES string of the molecule is C=C/C=C(\C=C/C)CC(=O)c1ccc(-c2ccccn2)nc1. The van der Waals surface area contributed by atoms with Crippen LogP contribution in [-0.4, -0.2) is 15.8 Å². The van der Waals surface area contributed by atoms with Crippen LogP contribution in [0.2, 0.25) is 0 Å². The van der Waals surface area contributed by atoms with Gasteiger partial charge < -0.3 is 0 Å². The fraction of sp³-hybridized carbons (Fsp3) is 0.105. The first-order chi connectivity index (χ1) is 10.7. The standard InChI is InChI=1S/C19H18N2O/c1-3-7-15(8-4-2)13-19(22)16-10-11-18(21-14-16)17-9-5-6-12-20-17/h3-12,14H,1,13H2,2H3/b8-4-,15-7+. The number of ketones is 1. The Hall–Kier alpha value is -2.81. The molecule has 3 nitrogen and oxygen atoms in total. The van der Waals surface area contributed by atoms with E-state index >= 15 is 0 Å². The van der Waals surface area contributed by atoms with Gasteiger partial charge in [0.25, 0.3) is 0 Å². The first-order valence-corrected chi connectivity index (χ1v) is 7.09. The van der Waals surface area contributed by atoms with E-state index in [1.54, 1.807) is 24.5 Å². The third-order valence-electron chi connectivity index (χ3n) is 3.09. The van der Waals surface area contributed by atoms with Gasteiger partial charge in [-0.25, -0.2) is 0 Å². The number of carbonyl (C=O) groups is 1. The van der Waals surface area contributed by atoms with Crippen molar-refractivity contribution in [3.8, 4) is 11.4 Å². The van der Waals surface area contributed by atoms with Crippen molar-refractivity contribution in [2.24, 2.45) is 0 Å². The molecule has 0 amide bonds. The quantitative estimate of drug-likeness (QED) is 0.585. The van der Waals surface area contributed by atoms with Gasteiger partial charge in [0.2, 0.25) is 0 Å². The Labute approximate surface area is 130 Å². The van der Waals surface area contributed by atoms with E-state index in [9.17, 15) is 4.79 Å². The van der Waals surface area contributed by atoms with Crippen LogP contribution >= 0.6 is 0 Å². The van der Waals surface area contributed by atoms with Crippen LogP contribution in [0.5, 0.6) is 0 Å². The van der Waals surface area contributed by atoms with E-state index in [1.165, 1.54) is 0 Å². The molecule has 2 aromatic heterocycles. The molecule has 0 fully saturated rings. The smallest absolute Gasteiger partial charge is 0.168 e. The molecule has 0 atom stereocenters. The van der Waals surface area contributed by atoms with Crippen LogP contribution in [0.4, 0.5) is 0 Å². The normalized spacial score (nSPS) is 11.6. The molecule has 0 aromatic carbocycles. The van der Waals surface area contributed by atoms with Gasteiger partial charge in [0.05, 0.1) is 11.4 Å². The second-order valence-electron chi connectivity index (χ2n) is 4.72. The molecule has 0 saturated carbocycles. The van der Waals surface area contributed by atoms with Gasteiger partial charge in [-0.1, -0.05) is 36.9 Å². The van der Waals surface area contributed by atoms with Crippen LogP contribution in [0.1, 0.15) is 23.7 Å². The molecule has 0 radical (unpaired) electrons. The fourth-order valence-electron chi connectivity index (χ4n) is 2.05. The molecular weight excluding hydrogens is 272 g/mol. The van der Waals surface area contributed by atoms with Crippen molar-refractivity contribution in [1.29, 1.82) is 0 Å². The van der Waals surface area contributed by atoms with E-state index in [1.807, 2.05) is 49.4 Å². The Kier molecular flexibility index (Phi) is 5.55. The molecule has 0 spiro atoms. The summed E-state index contributed by atoms with van der Waals surface area (Å²) in [6, 6.07) is 9.27. The van der Waals surface area contributed by atoms with E-state index in [0.717, 1.165) is 17.0 Å². The van der Waals surface area contributed by atoms with E-state index in [2.05, 4.69) is 16.5 Å². The highest BCUT2D eigenvalue weighted by Crippen LogP contribution is 2.16. The Balaban J connectivity index is 2.15. The van der Waals surface area contributed by atoms with Crippen molar-refractivity contribution in [3.05, 3.63) is 84.7 Å². The largest absolute Gasteiger partial charge is 0.294 e. The van der Waals surface area contributed by atoms with Gasteiger partial charge in [-0.3, -0.25) is 14.8 Å². The van der Waals surface area contributed by atoms with Gasteiger partial charge in [0.1, 0.15) is 0 Å². The van der Waals surface area contributed by atoms with Crippen molar-refractivity contribution >= 4 is 5.78 Å². The number of aromatic nitrogens is 2. The minimum absolute atomic E-state index is 0.0336. The van der Waals surface area contributed by atoms with Crippen LogP contribution in [0.25, 0.3) is 11.4 Å². The zero-order chi connectivity index (χ0) is 15.8. The average Bonchev–Trinajstić information content (AvgIpc) is 2.56. The number of rotatable bonds is 6. The molecule has 0 unspecified atom stereocenters. The number of allylic oxidation sites excluding steroid dienone is 5. The summed E-state index contributed by atoms with van der Waals surface area (Å²) in [6.07, 6.45) is 11.0. The maximum atomic E-state index is 12.3. The van der Waals surface area contributed by atoms with Crippen LogP contribution in [0, 0.1) is 0 Å². The van der Waals surface area contributed by atoms with Crippen molar-refractivity contribution in [2.75, 3.05) is 0 Å². The lowest BCUT2D eigenvalue weighted by molar-refractivity contribution is 0.0993. The Morgan fingerprint density at radius 2 is 2.00 bits per heavy atom. The lowest BCUT2D eigenvalue weighted by Gasteiger charge is -2.04. The monoisotopic (exact) mass is 290 g/mol. The van der Waals surface area contributed by atoms with Gasteiger partial charge in [0, 0.05) is 24.4 Å². The van der Waals surface area contributed by atoms with E-state index in [4.69, 9.17) is 0 Å². The summed E-state index contributed by atoms with van der Waals surface area (Å²) in [5.41, 5.74) is 3.07. The summed E-state index contributed by atoms with van der Waals surface area (Å²) in [5.74, 6) is 0.0336. The number of carbonyl (C=O) groups excluding carboxylic acids is 1. The zero-order valence-electron chi connectivity index (χ0n) is 12.6. The number of nitrogens with zero attached hydrogens (tertiary/aromatic N) is 2. The third kappa shape index (κ3) is 4.09. The molecule has 22 heavy (non-hydrogen) atoms. The molecule has 2 heterocycles. The zero-order valence-corrected chi connectivity index (χ0v) is 12.6. The maximum absolute atomic E-state index is 12.3. The van der Waals surface area contributed by atoms with Gasteiger partial charge in [0.15, 0.2) is 5.78 Å². The van der Waals surface area contributed by atoms with Crippen molar-refractivity contribution in [3.63, 3.8) is 0 Å². The second kappa shape index (κ2) is 7.84. The minimum atomic E-state index is 0.0336. The van der Waals surface area contributed by atoms with Crippen molar-refractivity contribution < 1.29 is 4.79 Å². The number of hydrogen-bond donors (Lipinski definition) is 0. The minimum Gasteiger partial charge on any atom is -0.294 e. The summed E-state index contributed by atoms with van der Waals surface area (Å²) in [7, 11) is 0. The molecule has 0 aliphatic rings. The molecule has 0 N–H and O–H groups in total. The van der Waals surface area contributed by atoms with Gasteiger partial charge >= 0.3 is 0 Å². The highest BCUT2D eigenvalue weighted by molar-refractivity contribution is 5.97. The fourth-order valence-corrected chi connectivity index (χ4v) is 2.05. The molecular formula is C19H18N2O. The number of hydrogen-bond acceptors (Lipinski definition) is 3. The van der Waals surface area contributed by atoms with Crippen LogP contribution in [-0.2, 0) is 0 Å². The van der Waals surface area contributed by atoms with Gasteiger partial charge in [-0.15, -0.1) is 0 Å². The van der Waals surface area contributed by atoms with Crippen LogP contribution in [0.15, 0.2) is 79.2 Å². The van der Waals surface area contributed by atoms with E-state index in [0.29, 0.717) is 12.0 Å². The maximum Gasteiger partial charge on any atom is 0.168 e. The lowest BCUT2D eigenvalue weighted by Crippen LogP contribution is -2.01. The van der Waals surface area contributed by atoms with Gasteiger partial charge in [-0.2, -0.15) is 0 Å². The highest BCUT2D eigenvalue weighted by atomic mass is 16.1. The van der Waals surface area contributed by atoms with E-state index in [-0.39, 0.29) is 5.78 Å². The van der Waals surface area contributed by atoms with Crippen LogP contribution < -0.4 is 0 Å². The molecule has 3 heteroatoms. The highest BCUT2D eigenvalue weighted by Gasteiger charge is 2.09. The Bertz CT molecular complexity index is 698. The van der Waals surface area contributed by atoms with Crippen LogP contribution in [0.3, 0.4) is 0 Å². The Morgan fingerprint density at radius 3 is 2.59 bits per heavy atom. The molecule has 2 aromatic rings. The first-order valence-electron chi connectivity index (χ1n) is 7.09. The number of pyridine rings is 2. The first kappa shape index (κ1) is 15.6. The molecule has 110 valence electrons. The molecule has 0 aliphatic carbocycles. The summed E-state index contributed by atoms with van der Waals surface area (Å²) >= 11 is 0. The second-order valence-corrected chi connectivity index (χ2v) is 4.72. The topological polar surface area (TPSA) is 42.9 Å². The average molecular weight is 290 g/mol. The lowest BCUT2D eigenvalue weighted by atomic mass is 10.0. The molecule has 0 saturated heterocycles. The predicted octanol–water partition coefficient (Wildman–Crippen LogP) is 4.40. The molecule has 2 rings (SSSR count). The molecule has 0 bridgehead atoms. The van der Waals surface area contributed by atoms with E-state index < -0.39 is 0 Å². The number of Topliss-reactive ketones (excluding diaryl/α,β-unsaturated/α-hetero) is 1. The Morgan fingerprint density at radius 1 is 1.18 bits per heavy atom. The summed E-state index contributed by atoms with van der Waals surface area (Å²) < 4.78 is 0. The summed E-state index contributed by atoms with van der Waals surface area (Å²) in [4.78, 5) is 20.9. The molecule has 0 aliphatic heterocycles. The predicted molar refractivity (Wildman–Crippen MR) is 89.5 cm³/mol. The van der Waals surface area contributed by atoms with Crippen molar-refractivity contribution in [2.45, 2.75) is 13.3 Å². The third-order valence-corrected chi connectivity index (χ3v) is 3.09. The van der Waals surface area contributed by atoms with Gasteiger partial charge in [-0.05, 0) is 36.8 Å². The summed E-state index contributed by atoms with van der Waals surface area (Å²) in [6.45, 7) is 5.59. The van der Waals surface area contributed by atoms with Crippen molar-refractivity contribution in [1.82, 2.24) is 9.97 Å².